The van der Waals surface area contributed by atoms with Gasteiger partial charge in [0.15, 0.2) is 0 Å². The van der Waals surface area contributed by atoms with Crippen molar-refractivity contribution in [1.29, 1.82) is 0 Å². The molecule has 8 heteroatoms. The Morgan fingerprint density at radius 1 is 1.19 bits per heavy atom. The van der Waals surface area contributed by atoms with E-state index in [-0.39, 0.29) is 41.2 Å². The summed E-state index contributed by atoms with van der Waals surface area (Å²) in [6, 6.07) is 12.2. The van der Waals surface area contributed by atoms with E-state index in [0.29, 0.717) is 16.9 Å². The molecule has 1 unspecified atom stereocenters. The van der Waals surface area contributed by atoms with Gasteiger partial charge in [-0.3, -0.25) is 14.5 Å². The average molecular weight is 390 g/mol. The number of β-lactam (4-membered cyclic amide) rings is 1. The van der Waals surface area contributed by atoms with Crippen LogP contribution in [0.15, 0.2) is 53.7 Å². The first kappa shape index (κ1) is 19.9. The molecule has 27 heavy (non-hydrogen) atoms. The number of rotatable bonds is 3. The van der Waals surface area contributed by atoms with Gasteiger partial charge in [0.1, 0.15) is 11.4 Å². The van der Waals surface area contributed by atoms with E-state index in [1.54, 1.807) is 19.1 Å². The molecule has 2 aromatic rings. The second-order valence-electron chi connectivity index (χ2n) is 6.30. The predicted molar refractivity (Wildman–Crippen MR) is 96.0 cm³/mol. The Labute approximate surface area is 182 Å². The molecule has 2 heterocycles. The Hall–Kier alpha value is -1.80. The van der Waals surface area contributed by atoms with Gasteiger partial charge < -0.3 is 15.2 Å². The number of carboxylic acid groups (broad SMARTS) is 1. The van der Waals surface area contributed by atoms with Crippen molar-refractivity contribution in [1.82, 2.24) is 10.2 Å². The normalized spacial score (nSPS) is 21.2. The zero-order chi connectivity index (χ0) is 18.4. The molecule has 4 rings (SSSR count). The Balaban J connectivity index is 0.00000210. The molecule has 0 saturated carbocycles. The van der Waals surface area contributed by atoms with Crippen LogP contribution in [0, 0.1) is 0 Å². The number of nitrogens with zero attached hydrogens (tertiary/aromatic N) is 1. The van der Waals surface area contributed by atoms with Crippen molar-refractivity contribution in [3.8, 4) is 0 Å². The van der Waals surface area contributed by atoms with Crippen LogP contribution in [0.2, 0.25) is 0 Å². The van der Waals surface area contributed by atoms with Crippen molar-refractivity contribution < 1.29 is 49.0 Å². The Morgan fingerprint density at radius 2 is 1.89 bits per heavy atom. The second-order valence-corrected chi connectivity index (χ2v) is 7.41. The van der Waals surface area contributed by atoms with Gasteiger partial charge in [-0.2, -0.15) is 0 Å². The van der Waals surface area contributed by atoms with E-state index in [4.69, 9.17) is 0 Å². The fourth-order valence-corrected chi connectivity index (χ4v) is 4.70. The van der Waals surface area contributed by atoms with Gasteiger partial charge in [0, 0.05) is 11.3 Å². The number of nitrogens with one attached hydrogen (secondary N) is 1. The van der Waals surface area contributed by atoms with Gasteiger partial charge in [0.2, 0.25) is 0 Å². The molecule has 0 aliphatic carbocycles. The summed E-state index contributed by atoms with van der Waals surface area (Å²) >= 11 is 1.44. The summed E-state index contributed by atoms with van der Waals surface area (Å²) in [5.74, 6) is -1.64. The molecule has 1 saturated heterocycles. The zero-order valence-corrected chi connectivity index (χ0v) is 17.7. The molecule has 2 aromatic carbocycles. The minimum absolute atomic E-state index is 0. The van der Waals surface area contributed by atoms with E-state index in [1.807, 2.05) is 30.3 Å². The summed E-state index contributed by atoms with van der Waals surface area (Å²) in [7, 11) is 0. The minimum atomic E-state index is -1.36. The molecule has 2 amide bonds. The first-order valence-corrected chi connectivity index (χ1v) is 9.18. The number of hydrogen-bond donors (Lipinski definition) is 1. The van der Waals surface area contributed by atoms with E-state index in [0.717, 1.165) is 10.8 Å². The van der Waals surface area contributed by atoms with Gasteiger partial charge in [-0.15, -0.1) is 11.8 Å². The standard InChI is InChI=1S/C19H16N2O4S.Na/c1-10-9-26-18-14(17(23)21(18)15(10)19(24)25)20-16(22)13-8-4-6-11-5-2-3-7-12(11)13;/h2-8,14,18H,9H2,1H3,(H,20,22)(H,24,25);/q;+1/p-1/t14-,18?;/m1./s1. The van der Waals surface area contributed by atoms with Crippen molar-refractivity contribution in [3.63, 3.8) is 0 Å². The molecule has 2 aliphatic heterocycles. The van der Waals surface area contributed by atoms with Crippen LogP contribution in [-0.2, 0) is 9.59 Å². The third-order valence-electron chi connectivity index (χ3n) is 4.67. The van der Waals surface area contributed by atoms with Crippen molar-refractivity contribution >= 4 is 40.3 Å². The van der Waals surface area contributed by atoms with E-state index in [9.17, 15) is 19.5 Å². The summed E-state index contributed by atoms with van der Waals surface area (Å²) in [5, 5.41) is 15.4. The molecule has 2 aliphatic rings. The Bertz CT molecular complexity index is 985. The van der Waals surface area contributed by atoms with Crippen LogP contribution in [0.25, 0.3) is 10.8 Å². The first-order valence-electron chi connectivity index (χ1n) is 8.13. The van der Waals surface area contributed by atoms with Crippen LogP contribution in [0.4, 0.5) is 0 Å². The van der Waals surface area contributed by atoms with Gasteiger partial charge in [-0.1, -0.05) is 36.4 Å². The van der Waals surface area contributed by atoms with Crippen molar-refractivity contribution in [2.75, 3.05) is 5.75 Å². The number of carbonyl (C=O) groups is 3. The van der Waals surface area contributed by atoms with Gasteiger partial charge >= 0.3 is 29.6 Å². The van der Waals surface area contributed by atoms with E-state index >= 15 is 0 Å². The third-order valence-corrected chi connectivity index (χ3v) is 6.10. The minimum Gasteiger partial charge on any atom is -0.543 e. The first-order chi connectivity index (χ1) is 12.5. The Kier molecular flexibility index (Phi) is 5.67. The summed E-state index contributed by atoms with van der Waals surface area (Å²) in [5.41, 5.74) is 1.01. The SMILES string of the molecule is CC1=C(C(=O)[O-])N2C(=O)[C@@H](NC(=O)c3cccc4ccccc34)C2SC1.[Na+]. The van der Waals surface area contributed by atoms with Crippen LogP contribution < -0.4 is 40.0 Å². The second kappa shape index (κ2) is 7.67. The maximum absolute atomic E-state index is 12.7. The topological polar surface area (TPSA) is 89.5 Å². The molecule has 132 valence electrons. The van der Waals surface area contributed by atoms with E-state index in [1.165, 1.54) is 16.7 Å². The number of aliphatic carboxylic acids is 1. The summed E-state index contributed by atoms with van der Waals surface area (Å²) in [6.07, 6.45) is 0. The molecule has 1 fully saturated rings. The zero-order valence-electron chi connectivity index (χ0n) is 14.9. The maximum atomic E-state index is 12.7. The fourth-order valence-electron chi connectivity index (χ4n) is 3.40. The molecule has 0 radical (unpaired) electrons. The molecular weight excluding hydrogens is 375 g/mol. The predicted octanol–water partition coefficient (Wildman–Crippen LogP) is -2.12. The summed E-state index contributed by atoms with van der Waals surface area (Å²) < 4.78 is 0. The van der Waals surface area contributed by atoms with Gasteiger partial charge in [-0.25, -0.2) is 0 Å². The van der Waals surface area contributed by atoms with Crippen molar-refractivity contribution in [3.05, 3.63) is 59.3 Å². The molecule has 0 aromatic heterocycles. The molecule has 0 bridgehead atoms. The average Bonchev–Trinajstić information content (AvgIpc) is 2.65. The quantitative estimate of drug-likeness (QED) is 0.478. The monoisotopic (exact) mass is 390 g/mol. The van der Waals surface area contributed by atoms with Crippen LogP contribution >= 0.6 is 11.8 Å². The summed E-state index contributed by atoms with van der Waals surface area (Å²) in [4.78, 5) is 37.7. The van der Waals surface area contributed by atoms with Crippen LogP contribution in [0.1, 0.15) is 17.3 Å². The van der Waals surface area contributed by atoms with E-state index in [2.05, 4.69) is 5.32 Å². The van der Waals surface area contributed by atoms with Gasteiger partial charge in [-0.05, 0) is 29.3 Å². The van der Waals surface area contributed by atoms with Gasteiger partial charge in [0.05, 0.1) is 11.7 Å². The maximum Gasteiger partial charge on any atom is 1.00 e. The number of carboxylic acids is 1. The Morgan fingerprint density at radius 3 is 2.63 bits per heavy atom. The van der Waals surface area contributed by atoms with Crippen LogP contribution in [-0.4, -0.2) is 39.9 Å². The van der Waals surface area contributed by atoms with Crippen molar-refractivity contribution in [2.24, 2.45) is 0 Å². The fraction of sp³-hybridized carbons (Fsp3) is 0.211. The largest absolute Gasteiger partial charge is 1.00 e. The van der Waals surface area contributed by atoms with E-state index < -0.39 is 23.3 Å². The number of benzene rings is 2. The number of hydrogen-bond acceptors (Lipinski definition) is 5. The van der Waals surface area contributed by atoms with Gasteiger partial charge in [0.25, 0.3) is 11.8 Å². The van der Waals surface area contributed by atoms with Crippen LogP contribution in [0.5, 0.6) is 0 Å². The summed E-state index contributed by atoms with van der Waals surface area (Å²) in [6.45, 7) is 1.67. The molecule has 2 atom stereocenters. The number of thioether (sulfide) groups is 1. The number of fused-ring (bicyclic) bond motifs is 2. The molecular formula is C19H15N2NaO4S. The molecule has 1 N–H and O–H groups in total. The van der Waals surface area contributed by atoms with Crippen LogP contribution in [0.3, 0.4) is 0 Å². The third kappa shape index (κ3) is 3.29. The smallest absolute Gasteiger partial charge is 0.543 e. The molecule has 6 nitrogen and oxygen atoms in total. The number of carbonyl (C=O) groups excluding carboxylic acids is 3. The number of amides is 2. The molecule has 0 spiro atoms. The van der Waals surface area contributed by atoms with Crippen molar-refractivity contribution in [2.45, 2.75) is 18.3 Å².